The lowest BCUT2D eigenvalue weighted by atomic mass is 10.0. The van der Waals surface area contributed by atoms with Crippen LogP contribution in [0.3, 0.4) is 0 Å². The molecule has 1 fully saturated rings. The molecule has 2 N–H and O–H groups in total. The van der Waals surface area contributed by atoms with Gasteiger partial charge in [-0.25, -0.2) is 0 Å². The molecule has 1 aliphatic heterocycles. The van der Waals surface area contributed by atoms with Gasteiger partial charge in [-0.05, 0) is 12.5 Å². The highest BCUT2D eigenvalue weighted by molar-refractivity contribution is 5.85. The third-order valence-corrected chi connectivity index (χ3v) is 2.25. The van der Waals surface area contributed by atoms with Gasteiger partial charge >= 0.3 is 0 Å². The number of ether oxygens (including phenoxy) is 1. The van der Waals surface area contributed by atoms with Crippen LogP contribution in [0.15, 0.2) is 12.2 Å². The van der Waals surface area contributed by atoms with Crippen LogP contribution in [0.2, 0.25) is 0 Å². The zero-order valence-corrected chi connectivity index (χ0v) is 7.90. The molecular formula is C9H16N2O2. The van der Waals surface area contributed by atoms with E-state index in [1.807, 2.05) is 0 Å². The lowest BCUT2D eigenvalue weighted by Gasteiger charge is -2.39. The fourth-order valence-electron chi connectivity index (χ4n) is 1.42. The van der Waals surface area contributed by atoms with E-state index in [9.17, 15) is 4.79 Å². The topological polar surface area (TPSA) is 55.6 Å². The third kappa shape index (κ3) is 3.16. The number of carbonyl (C=O) groups is 1. The molecule has 1 saturated heterocycles. The van der Waals surface area contributed by atoms with Crippen LogP contribution in [0.25, 0.3) is 0 Å². The molecule has 13 heavy (non-hydrogen) atoms. The molecule has 74 valence electrons. The van der Waals surface area contributed by atoms with Crippen molar-refractivity contribution in [3.63, 3.8) is 0 Å². The van der Waals surface area contributed by atoms with Crippen LogP contribution < -0.4 is 5.73 Å². The Labute approximate surface area is 78.3 Å². The molecule has 0 aromatic heterocycles. The maximum atomic E-state index is 10.4. The van der Waals surface area contributed by atoms with Gasteiger partial charge in [-0.1, -0.05) is 6.08 Å². The predicted octanol–water partition coefficient (Wildman–Crippen LogP) is -0.251. The molecule has 0 aliphatic carbocycles. The molecular weight excluding hydrogens is 168 g/mol. The van der Waals surface area contributed by atoms with Crippen LogP contribution in [0, 0.1) is 0 Å². The number of methoxy groups -OCH3 is 1. The number of likely N-dealkylation sites (tertiary alicyclic amines) is 1. The van der Waals surface area contributed by atoms with Crippen molar-refractivity contribution in [1.82, 2.24) is 4.90 Å². The minimum absolute atomic E-state index is 0.385. The minimum atomic E-state index is -0.385. The summed E-state index contributed by atoms with van der Waals surface area (Å²) in [6.45, 7) is 2.64. The second-order valence-corrected chi connectivity index (χ2v) is 3.20. The van der Waals surface area contributed by atoms with E-state index in [1.165, 1.54) is 12.5 Å². The van der Waals surface area contributed by atoms with Crippen molar-refractivity contribution in [2.75, 3.05) is 26.8 Å². The van der Waals surface area contributed by atoms with E-state index in [-0.39, 0.29) is 5.91 Å². The Morgan fingerprint density at radius 1 is 1.77 bits per heavy atom. The van der Waals surface area contributed by atoms with Crippen LogP contribution >= 0.6 is 0 Å². The Kier molecular flexibility index (Phi) is 3.92. The lowest BCUT2D eigenvalue weighted by molar-refractivity contribution is -0.113. The Bertz CT molecular complexity index is 204. The summed E-state index contributed by atoms with van der Waals surface area (Å²) in [6.07, 6.45) is 4.38. The van der Waals surface area contributed by atoms with E-state index < -0.39 is 0 Å². The SMILES string of the molecule is COCC1CCN1CC=CC(N)=O. The summed E-state index contributed by atoms with van der Waals surface area (Å²) in [5.74, 6) is -0.385. The highest BCUT2D eigenvalue weighted by atomic mass is 16.5. The zero-order valence-electron chi connectivity index (χ0n) is 7.90. The quantitative estimate of drug-likeness (QED) is 0.599. The molecule has 1 heterocycles. The Balaban J connectivity index is 2.18. The summed E-state index contributed by atoms with van der Waals surface area (Å²) < 4.78 is 5.05. The molecule has 0 bridgehead atoms. The first kappa shape index (κ1) is 10.2. The summed E-state index contributed by atoms with van der Waals surface area (Å²) in [4.78, 5) is 12.6. The first-order valence-corrected chi connectivity index (χ1v) is 4.43. The van der Waals surface area contributed by atoms with E-state index in [1.54, 1.807) is 13.2 Å². The highest BCUT2D eigenvalue weighted by Gasteiger charge is 2.26. The second kappa shape index (κ2) is 4.99. The number of hydrogen-bond donors (Lipinski definition) is 1. The summed E-state index contributed by atoms with van der Waals surface area (Å²) in [5.41, 5.74) is 4.96. The van der Waals surface area contributed by atoms with Gasteiger partial charge < -0.3 is 10.5 Å². The lowest BCUT2D eigenvalue weighted by Crippen LogP contribution is -2.50. The van der Waals surface area contributed by atoms with Crippen molar-refractivity contribution < 1.29 is 9.53 Å². The Morgan fingerprint density at radius 3 is 3.00 bits per heavy atom. The van der Waals surface area contributed by atoms with Crippen molar-refractivity contribution in [2.45, 2.75) is 12.5 Å². The van der Waals surface area contributed by atoms with Gasteiger partial charge in [-0.3, -0.25) is 9.69 Å². The van der Waals surface area contributed by atoms with Gasteiger partial charge in [-0.2, -0.15) is 0 Å². The van der Waals surface area contributed by atoms with Crippen LogP contribution in [-0.2, 0) is 9.53 Å². The van der Waals surface area contributed by atoms with Crippen molar-refractivity contribution in [3.8, 4) is 0 Å². The Hall–Kier alpha value is -0.870. The first-order chi connectivity index (χ1) is 6.24. The molecule has 1 atom stereocenters. The molecule has 0 aromatic rings. The predicted molar refractivity (Wildman–Crippen MR) is 50.2 cm³/mol. The monoisotopic (exact) mass is 184 g/mol. The molecule has 4 heteroatoms. The van der Waals surface area contributed by atoms with Crippen molar-refractivity contribution in [1.29, 1.82) is 0 Å². The van der Waals surface area contributed by atoms with Crippen molar-refractivity contribution in [3.05, 3.63) is 12.2 Å². The van der Waals surface area contributed by atoms with Crippen molar-refractivity contribution in [2.24, 2.45) is 5.73 Å². The third-order valence-electron chi connectivity index (χ3n) is 2.25. The van der Waals surface area contributed by atoms with Crippen LogP contribution in [0.4, 0.5) is 0 Å². The average molecular weight is 184 g/mol. The van der Waals surface area contributed by atoms with Crippen LogP contribution in [-0.4, -0.2) is 43.7 Å². The van der Waals surface area contributed by atoms with E-state index in [0.29, 0.717) is 6.04 Å². The molecule has 1 unspecified atom stereocenters. The molecule has 1 aliphatic rings. The fourth-order valence-corrected chi connectivity index (χ4v) is 1.42. The highest BCUT2D eigenvalue weighted by Crippen LogP contribution is 2.16. The largest absolute Gasteiger partial charge is 0.383 e. The van der Waals surface area contributed by atoms with Crippen LogP contribution in [0.5, 0.6) is 0 Å². The van der Waals surface area contributed by atoms with Gasteiger partial charge in [0.05, 0.1) is 6.61 Å². The zero-order chi connectivity index (χ0) is 9.68. The van der Waals surface area contributed by atoms with Crippen LogP contribution in [0.1, 0.15) is 6.42 Å². The maximum absolute atomic E-state index is 10.4. The molecule has 0 aromatic carbocycles. The summed E-state index contributed by atoms with van der Waals surface area (Å²) in [6, 6.07) is 0.516. The normalized spacial score (nSPS) is 23.3. The van der Waals surface area contributed by atoms with Gasteiger partial charge in [0.2, 0.25) is 5.91 Å². The standard InChI is InChI=1S/C9H16N2O2/c1-13-7-8-4-6-11(8)5-2-3-9(10)12/h2-3,8H,4-7H2,1H3,(H2,10,12). The van der Waals surface area contributed by atoms with E-state index >= 15 is 0 Å². The number of primary amides is 1. The Morgan fingerprint density at radius 2 is 2.54 bits per heavy atom. The number of amides is 1. The van der Waals surface area contributed by atoms with Gasteiger partial charge in [0.25, 0.3) is 0 Å². The fraction of sp³-hybridized carbons (Fsp3) is 0.667. The molecule has 0 spiro atoms. The second-order valence-electron chi connectivity index (χ2n) is 3.20. The van der Waals surface area contributed by atoms with Gasteiger partial charge in [-0.15, -0.1) is 0 Å². The summed E-state index contributed by atoms with van der Waals surface area (Å²) in [7, 11) is 1.70. The molecule has 1 rings (SSSR count). The van der Waals surface area contributed by atoms with Gasteiger partial charge in [0.15, 0.2) is 0 Å². The number of carbonyl (C=O) groups excluding carboxylic acids is 1. The maximum Gasteiger partial charge on any atom is 0.241 e. The van der Waals surface area contributed by atoms with Gasteiger partial charge in [0.1, 0.15) is 0 Å². The summed E-state index contributed by atoms with van der Waals surface area (Å²) >= 11 is 0. The van der Waals surface area contributed by atoms with E-state index in [2.05, 4.69) is 4.90 Å². The summed E-state index contributed by atoms with van der Waals surface area (Å²) in [5, 5.41) is 0. The number of hydrogen-bond acceptors (Lipinski definition) is 3. The molecule has 0 radical (unpaired) electrons. The first-order valence-electron chi connectivity index (χ1n) is 4.43. The number of nitrogens with zero attached hydrogens (tertiary/aromatic N) is 1. The average Bonchev–Trinajstić information content (AvgIpc) is 2.06. The molecule has 0 saturated carbocycles. The van der Waals surface area contributed by atoms with Crippen molar-refractivity contribution >= 4 is 5.91 Å². The van der Waals surface area contributed by atoms with Gasteiger partial charge in [0, 0.05) is 26.2 Å². The van der Waals surface area contributed by atoms with E-state index in [4.69, 9.17) is 10.5 Å². The smallest absolute Gasteiger partial charge is 0.241 e. The number of nitrogens with two attached hydrogens (primary N) is 1. The minimum Gasteiger partial charge on any atom is -0.383 e. The number of rotatable bonds is 5. The molecule has 1 amide bonds. The van der Waals surface area contributed by atoms with E-state index in [0.717, 1.165) is 19.7 Å². The molecule has 4 nitrogen and oxygen atoms in total.